The van der Waals surface area contributed by atoms with Gasteiger partial charge in [0.2, 0.25) is 5.88 Å². The molecule has 142 valence electrons. The molecular weight excluding hydrogens is 408 g/mol. The van der Waals surface area contributed by atoms with E-state index in [1.54, 1.807) is 0 Å². The molecule has 0 atom stereocenters. The van der Waals surface area contributed by atoms with Crippen LogP contribution in [0.25, 0.3) is 0 Å². The van der Waals surface area contributed by atoms with Crippen molar-refractivity contribution in [3.63, 3.8) is 0 Å². The second kappa shape index (κ2) is 7.67. The van der Waals surface area contributed by atoms with E-state index in [1.807, 2.05) is 0 Å². The Bertz CT molecular complexity index is 848. The summed E-state index contributed by atoms with van der Waals surface area (Å²) in [7, 11) is 1.16. The molecule has 2 aromatic heterocycles. The Balaban J connectivity index is 2.36. The summed E-state index contributed by atoms with van der Waals surface area (Å²) in [4.78, 5) is 3.51. The molecule has 0 spiro atoms. The summed E-state index contributed by atoms with van der Waals surface area (Å²) >= 11 is 10.8. The van der Waals surface area contributed by atoms with Crippen molar-refractivity contribution in [2.24, 2.45) is 7.05 Å². The Hall–Kier alpha value is -2.07. The molecule has 0 aliphatic rings. The average molecular weight is 418 g/mol. The second-order valence-corrected chi connectivity index (χ2v) is 5.88. The van der Waals surface area contributed by atoms with Crippen molar-refractivity contribution in [3.05, 3.63) is 39.5 Å². The molecule has 0 radical (unpaired) electrons. The zero-order valence-electron chi connectivity index (χ0n) is 13.2. The summed E-state index contributed by atoms with van der Waals surface area (Å²) in [5.41, 5.74) is -1.74. The molecule has 0 aliphatic heterocycles. The standard InChI is InChI=1S/C14H10Cl2F5N3O2/c1-6-10(17)12(25-4-3-8(15)16)22-13(11(6)18)26-9-5-7(14(19,20)21)23-24(9)2/h3,5H,4H2,1-2H3. The molecule has 0 N–H and O–H groups in total. The minimum Gasteiger partial charge on any atom is -0.471 e. The number of pyridine rings is 1. The van der Waals surface area contributed by atoms with Crippen LogP contribution in [0, 0.1) is 18.6 Å². The fourth-order valence-electron chi connectivity index (χ4n) is 1.74. The summed E-state index contributed by atoms with van der Waals surface area (Å²) in [6, 6.07) is 0.552. The molecule has 0 saturated carbocycles. The predicted octanol–water partition coefficient (Wildman–Crippen LogP) is 4.91. The summed E-state index contributed by atoms with van der Waals surface area (Å²) in [6.07, 6.45) is -3.54. The van der Waals surface area contributed by atoms with Crippen molar-refractivity contribution >= 4 is 23.2 Å². The topological polar surface area (TPSA) is 49.2 Å². The lowest BCUT2D eigenvalue weighted by molar-refractivity contribution is -0.141. The summed E-state index contributed by atoms with van der Waals surface area (Å²) in [6.45, 7) is 0.807. The first kappa shape index (κ1) is 20.2. The van der Waals surface area contributed by atoms with Gasteiger partial charge in [0.15, 0.2) is 17.3 Å². The summed E-state index contributed by atoms with van der Waals surface area (Å²) < 4.78 is 76.8. The van der Waals surface area contributed by atoms with Crippen LogP contribution in [0.2, 0.25) is 0 Å². The molecule has 0 bridgehead atoms. The summed E-state index contributed by atoms with van der Waals surface area (Å²) in [5.74, 6) is -4.17. The molecule has 0 aliphatic carbocycles. The van der Waals surface area contributed by atoms with Crippen LogP contribution in [0.4, 0.5) is 22.0 Å². The number of hydrogen-bond donors (Lipinski definition) is 0. The fraction of sp³-hybridized carbons (Fsp3) is 0.286. The van der Waals surface area contributed by atoms with E-state index < -0.39 is 46.7 Å². The first-order valence-corrected chi connectivity index (χ1v) is 7.55. The van der Waals surface area contributed by atoms with E-state index in [-0.39, 0.29) is 11.1 Å². The van der Waals surface area contributed by atoms with Crippen LogP contribution in [-0.2, 0) is 13.2 Å². The quantitative estimate of drug-likeness (QED) is 0.648. The molecule has 0 aromatic carbocycles. The number of alkyl halides is 3. The lowest BCUT2D eigenvalue weighted by atomic mass is 10.2. The highest BCUT2D eigenvalue weighted by Gasteiger charge is 2.35. The number of rotatable bonds is 5. The highest BCUT2D eigenvalue weighted by Crippen LogP contribution is 2.34. The maximum Gasteiger partial charge on any atom is 0.435 e. The summed E-state index contributed by atoms with van der Waals surface area (Å²) in [5, 5.41) is 3.21. The van der Waals surface area contributed by atoms with Crippen molar-refractivity contribution < 1.29 is 31.4 Å². The number of aryl methyl sites for hydroxylation is 1. The molecule has 2 rings (SSSR count). The van der Waals surface area contributed by atoms with Crippen molar-refractivity contribution in [2.75, 3.05) is 6.61 Å². The molecule has 2 aromatic rings. The lowest BCUT2D eigenvalue weighted by Gasteiger charge is -2.11. The fourth-order valence-corrected chi connectivity index (χ4v) is 1.86. The van der Waals surface area contributed by atoms with E-state index in [0.717, 1.165) is 18.7 Å². The van der Waals surface area contributed by atoms with Gasteiger partial charge in [-0.15, -0.1) is 0 Å². The van der Waals surface area contributed by atoms with Gasteiger partial charge in [0.1, 0.15) is 11.1 Å². The van der Waals surface area contributed by atoms with Gasteiger partial charge >= 0.3 is 6.18 Å². The average Bonchev–Trinajstić information content (AvgIpc) is 2.90. The molecule has 0 saturated heterocycles. The Kier molecular flexibility index (Phi) is 5.97. The zero-order chi connectivity index (χ0) is 19.6. The molecule has 0 amide bonds. The van der Waals surface area contributed by atoms with E-state index in [1.165, 1.54) is 6.08 Å². The second-order valence-electron chi connectivity index (χ2n) is 4.87. The Morgan fingerprint density at radius 2 is 1.85 bits per heavy atom. The molecule has 12 heteroatoms. The third-order valence-electron chi connectivity index (χ3n) is 3.02. The number of hydrogen-bond acceptors (Lipinski definition) is 4. The highest BCUT2D eigenvalue weighted by molar-refractivity contribution is 6.55. The van der Waals surface area contributed by atoms with Gasteiger partial charge in [0.05, 0.1) is 0 Å². The minimum atomic E-state index is -4.72. The van der Waals surface area contributed by atoms with Gasteiger partial charge in [-0.25, -0.2) is 13.5 Å². The van der Waals surface area contributed by atoms with Crippen molar-refractivity contribution in [1.29, 1.82) is 0 Å². The third-order valence-corrected chi connectivity index (χ3v) is 3.33. The first-order valence-electron chi connectivity index (χ1n) is 6.79. The van der Waals surface area contributed by atoms with E-state index in [0.29, 0.717) is 6.07 Å². The van der Waals surface area contributed by atoms with Gasteiger partial charge in [0, 0.05) is 18.7 Å². The number of aromatic nitrogens is 3. The lowest BCUT2D eigenvalue weighted by Crippen LogP contribution is -2.07. The molecule has 0 fully saturated rings. The van der Waals surface area contributed by atoms with Crippen LogP contribution >= 0.6 is 23.2 Å². The maximum absolute atomic E-state index is 14.2. The number of ether oxygens (including phenoxy) is 2. The predicted molar refractivity (Wildman–Crippen MR) is 82.5 cm³/mol. The van der Waals surface area contributed by atoms with Crippen molar-refractivity contribution in [3.8, 4) is 17.6 Å². The SMILES string of the molecule is Cc1c(F)c(OCC=C(Cl)Cl)nc(Oc2cc(C(F)(F)F)nn2C)c1F. The highest BCUT2D eigenvalue weighted by atomic mass is 35.5. The van der Waals surface area contributed by atoms with Crippen molar-refractivity contribution in [1.82, 2.24) is 14.8 Å². The maximum atomic E-state index is 14.2. The first-order chi connectivity index (χ1) is 12.0. The Labute approximate surface area is 153 Å². The van der Waals surface area contributed by atoms with Crippen LogP contribution in [0.15, 0.2) is 16.6 Å². The monoisotopic (exact) mass is 417 g/mol. The Morgan fingerprint density at radius 1 is 1.23 bits per heavy atom. The van der Waals surface area contributed by atoms with E-state index >= 15 is 0 Å². The van der Waals surface area contributed by atoms with E-state index in [4.69, 9.17) is 32.7 Å². The van der Waals surface area contributed by atoms with Crippen LogP contribution in [0.3, 0.4) is 0 Å². The van der Waals surface area contributed by atoms with Gasteiger partial charge in [-0.3, -0.25) is 0 Å². The van der Waals surface area contributed by atoms with Gasteiger partial charge in [-0.1, -0.05) is 23.2 Å². The van der Waals surface area contributed by atoms with Gasteiger partial charge in [-0.2, -0.15) is 23.3 Å². The minimum absolute atomic E-state index is 0.143. The van der Waals surface area contributed by atoms with Crippen LogP contribution in [0.1, 0.15) is 11.3 Å². The molecule has 5 nitrogen and oxygen atoms in total. The molecule has 0 unspecified atom stereocenters. The van der Waals surface area contributed by atoms with Gasteiger partial charge in [-0.05, 0) is 13.0 Å². The Morgan fingerprint density at radius 3 is 2.38 bits per heavy atom. The van der Waals surface area contributed by atoms with Crippen LogP contribution in [-0.4, -0.2) is 21.4 Å². The van der Waals surface area contributed by atoms with E-state index in [2.05, 4.69) is 10.1 Å². The zero-order valence-corrected chi connectivity index (χ0v) is 14.7. The smallest absolute Gasteiger partial charge is 0.435 e. The van der Waals surface area contributed by atoms with Gasteiger partial charge in [0.25, 0.3) is 11.8 Å². The number of nitrogens with zero attached hydrogens (tertiary/aromatic N) is 3. The van der Waals surface area contributed by atoms with E-state index in [9.17, 15) is 22.0 Å². The van der Waals surface area contributed by atoms with Crippen LogP contribution in [0.5, 0.6) is 17.6 Å². The van der Waals surface area contributed by atoms with Crippen molar-refractivity contribution in [2.45, 2.75) is 13.1 Å². The third kappa shape index (κ3) is 4.55. The normalized spacial score (nSPS) is 11.4. The molecule has 26 heavy (non-hydrogen) atoms. The largest absolute Gasteiger partial charge is 0.471 e. The molecule has 2 heterocycles. The van der Waals surface area contributed by atoms with Crippen LogP contribution < -0.4 is 9.47 Å². The van der Waals surface area contributed by atoms with Gasteiger partial charge < -0.3 is 9.47 Å². The molecular formula is C14H10Cl2F5N3O2. The number of halogens is 7.